The highest BCUT2D eigenvalue weighted by Gasteiger charge is 2.01. The summed E-state index contributed by atoms with van der Waals surface area (Å²) in [6.45, 7) is 8.93. The number of nitrogens with one attached hydrogen (secondary N) is 1. The van der Waals surface area contributed by atoms with E-state index in [1.165, 1.54) is 5.57 Å². The summed E-state index contributed by atoms with van der Waals surface area (Å²) in [6.07, 6.45) is 2.55. The van der Waals surface area contributed by atoms with Crippen LogP contribution in [-0.2, 0) is 4.79 Å². The van der Waals surface area contributed by atoms with Crippen molar-refractivity contribution < 1.29 is 9.90 Å². The molecule has 16 heavy (non-hydrogen) atoms. The highest BCUT2D eigenvalue weighted by molar-refractivity contribution is 5.85. The number of carboxylic acids is 1. The molecular weight excluding hydrogens is 230 g/mol. The van der Waals surface area contributed by atoms with Crippen molar-refractivity contribution in [1.29, 1.82) is 0 Å². The summed E-state index contributed by atoms with van der Waals surface area (Å²) in [5, 5.41) is 11.6. The first-order valence-corrected chi connectivity index (χ1v) is 4.29. The molecule has 0 amide bonds. The zero-order valence-electron chi connectivity index (χ0n) is 10.1. The third-order valence-corrected chi connectivity index (χ3v) is 1.56. The topological polar surface area (TPSA) is 119 Å². The van der Waals surface area contributed by atoms with Crippen LogP contribution in [0.2, 0.25) is 0 Å². The summed E-state index contributed by atoms with van der Waals surface area (Å²) < 4.78 is 0. The lowest BCUT2D eigenvalue weighted by molar-refractivity contribution is -0.132. The predicted octanol–water partition coefficient (Wildman–Crippen LogP) is 2.32. The minimum atomic E-state index is -0.913. The minimum absolute atomic E-state index is 0. The number of rotatable bonds is 6. The largest absolute Gasteiger partial charge is 0.478 e. The molecule has 0 aromatic heterocycles. The third kappa shape index (κ3) is 15.6. The lowest BCUT2D eigenvalue weighted by atomic mass is 10.2. The van der Waals surface area contributed by atoms with E-state index >= 15 is 0 Å². The van der Waals surface area contributed by atoms with Gasteiger partial charge in [-0.2, -0.15) is 0 Å². The number of aliphatic carboxylic acids is 1. The Labute approximate surface area is 104 Å². The van der Waals surface area contributed by atoms with Crippen molar-refractivity contribution in [2.24, 2.45) is 0 Å². The maximum absolute atomic E-state index is 10.3. The molecule has 0 aliphatic heterocycles. The molecule has 0 aliphatic carbocycles. The van der Waals surface area contributed by atoms with Gasteiger partial charge in [-0.3, -0.25) is 0 Å². The molecule has 0 aromatic carbocycles. The van der Waals surface area contributed by atoms with E-state index in [-0.39, 0.29) is 30.3 Å². The minimum Gasteiger partial charge on any atom is -0.478 e. The Kier molecular flexibility index (Phi) is 21.5. The lowest BCUT2D eigenvalue weighted by Crippen LogP contribution is -2.17. The molecule has 6 heteroatoms. The summed E-state index contributed by atoms with van der Waals surface area (Å²) in [6, 6.07) is 0. The van der Waals surface area contributed by atoms with Crippen molar-refractivity contribution in [3.05, 3.63) is 23.8 Å². The van der Waals surface area contributed by atoms with Crippen LogP contribution in [0.4, 0.5) is 0 Å². The maximum atomic E-state index is 10.3. The first-order chi connectivity index (χ1) is 6.04. The summed E-state index contributed by atoms with van der Waals surface area (Å²) in [5.41, 5.74) is 1.51. The van der Waals surface area contributed by atoms with Crippen LogP contribution in [0, 0.1) is 0 Å². The van der Waals surface area contributed by atoms with Gasteiger partial charge in [0.2, 0.25) is 0 Å². The van der Waals surface area contributed by atoms with Crippen LogP contribution in [0.1, 0.15) is 20.3 Å². The monoisotopic (exact) mass is 253 g/mol. The summed E-state index contributed by atoms with van der Waals surface area (Å²) >= 11 is 0. The number of carbonyl (C=O) groups is 1. The zero-order chi connectivity index (χ0) is 10.3. The molecule has 8 N–H and O–H groups in total. The second-order valence-electron chi connectivity index (χ2n) is 3.14. The van der Waals surface area contributed by atoms with Gasteiger partial charge in [-0.05, 0) is 26.8 Å². The molecule has 0 heterocycles. The molecule has 0 unspecified atom stereocenters. The van der Waals surface area contributed by atoms with Crippen molar-refractivity contribution in [2.75, 3.05) is 13.1 Å². The molecule has 0 aliphatic rings. The van der Waals surface area contributed by atoms with Crippen LogP contribution in [0.3, 0.4) is 0 Å². The van der Waals surface area contributed by atoms with Gasteiger partial charge < -0.3 is 22.7 Å². The van der Waals surface area contributed by atoms with Crippen LogP contribution in [0.25, 0.3) is 0 Å². The smallest absolute Gasteiger partial charge is 0.330 e. The van der Waals surface area contributed by atoms with Crippen molar-refractivity contribution >= 4 is 18.4 Å². The van der Waals surface area contributed by atoms with Crippen molar-refractivity contribution in [2.45, 2.75) is 20.3 Å². The Morgan fingerprint density at radius 2 is 1.88 bits per heavy atom. The SMILES string of the molecule is C=C(CCNCC=C(C)C)C(=O)O.Cl.N.N. The molecular formula is C10H24ClN3O2. The lowest BCUT2D eigenvalue weighted by Gasteiger charge is -2.01. The Morgan fingerprint density at radius 3 is 2.25 bits per heavy atom. The molecule has 0 fully saturated rings. The van der Waals surface area contributed by atoms with E-state index in [2.05, 4.69) is 18.0 Å². The Hall–Kier alpha value is -0.880. The van der Waals surface area contributed by atoms with Crippen LogP contribution in [-0.4, -0.2) is 24.2 Å². The van der Waals surface area contributed by atoms with Gasteiger partial charge in [0, 0.05) is 12.1 Å². The quantitative estimate of drug-likeness (QED) is 0.329. The van der Waals surface area contributed by atoms with Gasteiger partial charge in [-0.1, -0.05) is 18.2 Å². The average Bonchev–Trinajstić information content (AvgIpc) is 2.02. The maximum Gasteiger partial charge on any atom is 0.330 e. The van der Waals surface area contributed by atoms with Crippen LogP contribution in [0.15, 0.2) is 23.8 Å². The second kappa shape index (κ2) is 14.1. The molecule has 0 aromatic rings. The Morgan fingerprint density at radius 1 is 1.38 bits per heavy atom. The van der Waals surface area contributed by atoms with Gasteiger partial charge in [0.1, 0.15) is 0 Å². The fraction of sp³-hybridized carbons (Fsp3) is 0.500. The molecule has 5 nitrogen and oxygen atoms in total. The van der Waals surface area contributed by atoms with E-state index in [4.69, 9.17) is 5.11 Å². The van der Waals surface area contributed by atoms with E-state index in [0.29, 0.717) is 13.0 Å². The molecule has 0 spiro atoms. The molecule has 0 atom stereocenters. The number of halogens is 1. The van der Waals surface area contributed by atoms with E-state index in [9.17, 15) is 4.79 Å². The molecule has 0 bridgehead atoms. The van der Waals surface area contributed by atoms with Gasteiger partial charge in [-0.15, -0.1) is 12.4 Å². The van der Waals surface area contributed by atoms with Crippen molar-refractivity contribution in [3.8, 4) is 0 Å². The van der Waals surface area contributed by atoms with E-state index in [1.54, 1.807) is 0 Å². The standard InChI is InChI=1S/C10H17NO2.ClH.2H3N/c1-8(2)4-6-11-7-5-9(3)10(12)13;;;/h4,11H,3,5-7H2,1-2H3,(H,12,13);1H;2*1H3. The summed E-state index contributed by atoms with van der Waals surface area (Å²) in [7, 11) is 0. The number of hydrogen-bond acceptors (Lipinski definition) is 4. The first-order valence-electron chi connectivity index (χ1n) is 4.29. The predicted molar refractivity (Wildman–Crippen MR) is 71.0 cm³/mol. The van der Waals surface area contributed by atoms with E-state index in [0.717, 1.165) is 6.54 Å². The van der Waals surface area contributed by atoms with Crippen LogP contribution in [0.5, 0.6) is 0 Å². The van der Waals surface area contributed by atoms with E-state index in [1.807, 2.05) is 13.8 Å². The molecule has 0 radical (unpaired) electrons. The van der Waals surface area contributed by atoms with Gasteiger partial charge in [0.25, 0.3) is 0 Å². The molecule has 0 rings (SSSR count). The molecule has 98 valence electrons. The van der Waals surface area contributed by atoms with Crippen LogP contribution >= 0.6 is 12.4 Å². The highest BCUT2D eigenvalue weighted by Crippen LogP contribution is 1.95. The van der Waals surface area contributed by atoms with E-state index < -0.39 is 5.97 Å². The third-order valence-electron chi connectivity index (χ3n) is 1.56. The van der Waals surface area contributed by atoms with Crippen LogP contribution < -0.4 is 17.6 Å². The normalized spacial score (nSPS) is 7.62. The second-order valence-corrected chi connectivity index (χ2v) is 3.14. The van der Waals surface area contributed by atoms with Gasteiger partial charge in [0.15, 0.2) is 0 Å². The van der Waals surface area contributed by atoms with Gasteiger partial charge in [-0.25, -0.2) is 4.79 Å². The Balaban J connectivity index is -0.000000240. The molecule has 0 saturated carbocycles. The molecule has 0 saturated heterocycles. The summed E-state index contributed by atoms with van der Waals surface area (Å²) in [4.78, 5) is 10.3. The Bertz CT molecular complexity index is 226. The summed E-state index contributed by atoms with van der Waals surface area (Å²) in [5.74, 6) is -0.913. The van der Waals surface area contributed by atoms with Crippen molar-refractivity contribution in [3.63, 3.8) is 0 Å². The number of carboxylic acid groups (broad SMARTS) is 1. The number of hydrogen-bond donors (Lipinski definition) is 4. The van der Waals surface area contributed by atoms with Gasteiger partial charge >= 0.3 is 5.97 Å². The van der Waals surface area contributed by atoms with Crippen molar-refractivity contribution in [1.82, 2.24) is 17.6 Å². The highest BCUT2D eigenvalue weighted by atomic mass is 35.5. The zero-order valence-corrected chi connectivity index (χ0v) is 10.9. The first kappa shape index (κ1) is 24.4. The average molecular weight is 254 g/mol. The fourth-order valence-electron chi connectivity index (χ4n) is 0.725. The van der Waals surface area contributed by atoms with Gasteiger partial charge in [0.05, 0.1) is 0 Å². The fourth-order valence-corrected chi connectivity index (χ4v) is 0.725. The number of allylic oxidation sites excluding steroid dienone is 1.